The molecule has 22 heavy (non-hydrogen) atoms. The number of ketones is 1. The van der Waals surface area contributed by atoms with Crippen molar-refractivity contribution in [2.24, 2.45) is 0 Å². The van der Waals surface area contributed by atoms with Crippen LogP contribution in [0.1, 0.15) is 27.6 Å². The number of carbonyl (C=O) groups excluding carboxylic acids is 2. The normalized spacial score (nSPS) is 12.1. The fraction of sp³-hybridized carbons (Fsp3) is 0.125. The molecule has 2 aromatic carbocycles. The first-order valence-corrected chi connectivity index (χ1v) is 6.94. The van der Waals surface area contributed by atoms with E-state index in [0.717, 1.165) is 0 Å². The number of fused-ring (bicyclic) bond motifs is 1. The number of halogens is 1. The van der Waals surface area contributed by atoms with E-state index in [1.807, 2.05) is 0 Å². The highest BCUT2D eigenvalue weighted by Gasteiger charge is 2.20. The Kier molecular flexibility index (Phi) is 3.73. The van der Waals surface area contributed by atoms with Crippen LogP contribution >= 0.6 is 11.6 Å². The van der Waals surface area contributed by atoms with E-state index >= 15 is 0 Å². The topological polar surface area (TPSA) is 64.6 Å². The van der Waals surface area contributed by atoms with Gasteiger partial charge in [-0.25, -0.2) is 0 Å². The predicted octanol–water partition coefficient (Wildman–Crippen LogP) is 3.52. The Balaban J connectivity index is 1.94. The van der Waals surface area contributed by atoms with E-state index in [2.05, 4.69) is 5.32 Å². The van der Waals surface area contributed by atoms with Crippen molar-refractivity contribution in [3.05, 3.63) is 52.5 Å². The van der Waals surface area contributed by atoms with Gasteiger partial charge >= 0.3 is 0 Å². The average Bonchev–Trinajstić information content (AvgIpc) is 2.93. The molecule has 1 aliphatic heterocycles. The van der Waals surface area contributed by atoms with Gasteiger partial charge in [0.1, 0.15) is 0 Å². The van der Waals surface area contributed by atoms with Gasteiger partial charge in [0.2, 0.25) is 6.79 Å². The van der Waals surface area contributed by atoms with Gasteiger partial charge in [0.15, 0.2) is 17.3 Å². The Bertz CT molecular complexity index is 773. The zero-order valence-corrected chi connectivity index (χ0v) is 12.4. The summed E-state index contributed by atoms with van der Waals surface area (Å²) in [5.74, 6) is 0.445. The highest BCUT2D eigenvalue weighted by Crippen LogP contribution is 2.37. The van der Waals surface area contributed by atoms with Gasteiger partial charge in [-0.05, 0) is 31.2 Å². The maximum atomic E-state index is 12.3. The number of ether oxygens (including phenoxy) is 2. The summed E-state index contributed by atoms with van der Waals surface area (Å²) in [6, 6.07) is 9.71. The van der Waals surface area contributed by atoms with Crippen LogP contribution in [0.2, 0.25) is 5.02 Å². The molecule has 1 heterocycles. The van der Waals surface area contributed by atoms with Crippen LogP contribution in [0.25, 0.3) is 0 Å². The van der Waals surface area contributed by atoms with E-state index in [4.69, 9.17) is 21.1 Å². The van der Waals surface area contributed by atoms with Crippen molar-refractivity contribution in [1.82, 2.24) is 0 Å². The number of rotatable bonds is 3. The molecule has 112 valence electrons. The van der Waals surface area contributed by atoms with Crippen LogP contribution in [0.5, 0.6) is 11.5 Å². The van der Waals surface area contributed by atoms with Crippen molar-refractivity contribution in [1.29, 1.82) is 0 Å². The molecule has 1 amide bonds. The second-order valence-electron chi connectivity index (χ2n) is 4.77. The maximum absolute atomic E-state index is 12.3. The number of anilines is 1. The van der Waals surface area contributed by atoms with Crippen LogP contribution in [0.3, 0.4) is 0 Å². The van der Waals surface area contributed by atoms with Crippen LogP contribution in [-0.2, 0) is 0 Å². The van der Waals surface area contributed by atoms with Crippen molar-refractivity contribution in [2.75, 3.05) is 12.1 Å². The van der Waals surface area contributed by atoms with Gasteiger partial charge in [-0.15, -0.1) is 0 Å². The highest BCUT2D eigenvalue weighted by atomic mass is 35.5. The van der Waals surface area contributed by atoms with Crippen LogP contribution in [-0.4, -0.2) is 18.5 Å². The van der Waals surface area contributed by atoms with Crippen molar-refractivity contribution < 1.29 is 19.1 Å². The Labute approximate surface area is 131 Å². The molecule has 0 spiro atoms. The zero-order chi connectivity index (χ0) is 15.7. The lowest BCUT2D eigenvalue weighted by molar-refractivity contribution is 0.101. The zero-order valence-electron chi connectivity index (χ0n) is 11.7. The lowest BCUT2D eigenvalue weighted by Gasteiger charge is -2.10. The van der Waals surface area contributed by atoms with Gasteiger partial charge in [0.25, 0.3) is 5.91 Å². The minimum absolute atomic E-state index is 0.0956. The standard InChI is InChI=1S/C16H12ClNO4/c1-9(19)12-6-14-15(22-8-21-14)7-13(12)18-16(20)10-3-2-4-11(17)5-10/h2-7H,8H2,1H3,(H,18,20). The Morgan fingerprint density at radius 3 is 2.55 bits per heavy atom. The van der Waals surface area contributed by atoms with E-state index in [1.54, 1.807) is 36.4 Å². The molecule has 0 unspecified atom stereocenters. The van der Waals surface area contributed by atoms with Gasteiger partial charge in [-0.3, -0.25) is 9.59 Å². The van der Waals surface area contributed by atoms with Crippen LogP contribution in [0.4, 0.5) is 5.69 Å². The summed E-state index contributed by atoms with van der Waals surface area (Å²) in [4.78, 5) is 24.1. The van der Waals surface area contributed by atoms with Crippen molar-refractivity contribution >= 4 is 29.0 Å². The van der Waals surface area contributed by atoms with Gasteiger partial charge in [-0.2, -0.15) is 0 Å². The Morgan fingerprint density at radius 2 is 1.86 bits per heavy atom. The maximum Gasteiger partial charge on any atom is 0.255 e. The molecule has 0 saturated heterocycles. The van der Waals surface area contributed by atoms with E-state index < -0.39 is 0 Å². The third kappa shape index (κ3) is 2.76. The fourth-order valence-electron chi connectivity index (χ4n) is 2.16. The van der Waals surface area contributed by atoms with E-state index in [-0.39, 0.29) is 18.5 Å². The molecule has 0 aromatic heterocycles. The average molecular weight is 318 g/mol. The predicted molar refractivity (Wildman–Crippen MR) is 82.0 cm³/mol. The monoisotopic (exact) mass is 317 g/mol. The highest BCUT2D eigenvalue weighted by molar-refractivity contribution is 6.31. The van der Waals surface area contributed by atoms with Gasteiger partial charge in [-0.1, -0.05) is 17.7 Å². The second-order valence-corrected chi connectivity index (χ2v) is 5.21. The molecule has 6 heteroatoms. The molecule has 0 atom stereocenters. The molecule has 1 N–H and O–H groups in total. The number of Topliss-reactive ketones (excluding diaryl/α,β-unsaturated/α-hetero) is 1. The number of carbonyl (C=O) groups is 2. The first-order chi connectivity index (χ1) is 10.5. The van der Waals surface area contributed by atoms with Crippen LogP contribution in [0.15, 0.2) is 36.4 Å². The van der Waals surface area contributed by atoms with Gasteiger partial charge < -0.3 is 14.8 Å². The van der Waals surface area contributed by atoms with Gasteiger partial charge in [0, 0.05) is 22.2 Å². The minimum Gasteiger partial charge on any atom is -0.454 e. The number of hydrogen-bond donors (Lipinski definition) is 1. The smallest absolute Gasteiger partial charge is 0.255 e. The number of nitrogens with one attached hydrogen (secondary N) is 1. The largest absolute Gasteiger partial charge is 0.454 e. The summed E-state index contributed by atoms with van der Waals surface area (Å²) in [5.41, 5.74) is 1.14. The molecule has 3 rings (SSSR count). The van der Waals surface area contributed by atoms with Crippen LogP contribution in [0, 0.1) is 0 Å². The van der Waals surface area contributed by atoms with Gasteiger partial charge in [0.05, 0.1) is 5.69 Å². The van der Waals surface area contributed by atoms with Crippen LogP contribution < -0.4 is 14.8 Å². The van der Waals surface area contributed by atoms with E-state index in [1.165, 1.54) is 6.92 Å². The number of amides is 1. The van der Waals surface area contributed by atoms with Crippen molar-refractivity contribution in [3.8, 4) is 11.5 Å². The fourth-order valence-corrected chi connectivity index (χ4v) is 2.35. The first-order valence-electron chi connectivity index (χ1n) is 6.56. The molecule has 5 nitrogen and oxygen atoms in total. The molecule has 0 bridgehead atoms. The molecule has 0 radical (unpaired) electrons. The number of hydrogen-bond acceptors (Lipinski definition) is 4. The summed E-state index contributed by atoms with van der Waals surface area (Å²) >= 11 is 5.88. The van der Waals surface area contributed by atoms with Crippen molar-refractivity contribution in [2.45, 2.75) is 6.92 Å². The quantitative estimate of drug-likeness (QED) is 0.880. The summed E-state index contributed by atoms with van der Waals surface area (Å²) in [5, 5.41) is 3.17. The van der Waals surface area contributed by atoms with E-state index in [0.29, 0.717) is 33.3 Å². The molecule has 0 saturated carbocycles. The first kappa shape index (κ1) is 14.4. The summed E-state index contributed by atoms with van der Waals surface area (Å²) in [7, 11) is 0. The SMILES string of the molecule is CC(=O)c1cc2c(cc1NC(=O)c1cccc(Cl)c1)OCO2. The summed E-state index contributed by atoms with van der Waals surface area (Å²) in [6.07, 6.45) is 0. The molecule has 2 aromatic rings. The molecular weight excluding hydrogens is 306 g/mol. The Morgan fingerprint density at radius 1 is 1.14 bits per heavy atom. The Hall–Kier alpha value is -2.53. The third-order valence-corrected chi connectivity index (χ3v) is 3.46. The minimum atomic E-state index is -0.358. The number of benzene rings is 2. The summed E-state index contributed by atoms with van der Waals surface area (Å²) < 4.78 is 10.5. The van der Waals surface area contributed by atoms with Crippen molar-refractivity contribution in [3.63, 3.8) is 0 Å². The second kappa shape index (κ2) is 5.69. The molecular formula is C16H12ClNO4. The van der Waals surface area contributed by atoms with E-state index in [9.17, 15) is 9.59 Å². The third-order valence-electron chi connectivity index (χ3n) is 3.23. The molecule has 0 aliphatic carbocycles. The lowest BCUT2D eigenvalue weighted by atomic mass is 10.1. The molecule has 1 aliphatic rings. The molecule has 0 fully saturated rings. The summed E-state index contributed by atoms with van der Waals surface area (Å²) in [6.45, 7) is 1.52. The lowest BCUT2D eigenvalue weighted by Crippen LogP contribution is -2.14.